The minimum Gasteiger partial charge on any atom is -0.406 e. The molecule has 0 unspecified atom stereocenters. The number of rotatable bonds is 4. The number of nitrogens with zero attached hydrogens (tertiary/aromatic N) is 3. The first-order valence-corrected chi connectivity index (χ1v) is 7.78. The van der Waals surface area contributed by atoms with Gasteiger partial charge < -0.3 is 4.74 Å². The second-order valence-corrected chi connectivity index (χ2v) is 5.81. The van der Waals surface area contributed by atoms with Gasteiger partial charge in [-0.25, -0.2) is 4.98 Å². The molecule has 146 valence electrons. The van der Waals surface area contributed by atoms with Gasteiger partial charge in [-0.15, -0.1) is 13.2 Å². The van der Waals surface area contributed by atoms with E-state index in [-0.39, 0.29) is 16.6 Å². The summed E-state index contributed by atoms with van der Waals surface area (Å²) in [6.07, 6.45) is -3.99. The highest BCUT2D eigenvalue weighted by Crippen LogP contribution is 2.29. The Morgan fingerprint density at radius 3 is 2.61 bits per heavy atom. The highest BCUT2D eigenvalue weighted by Gasteiger charge is 2.31. The fourth-order valence-electron chi connectivity index (χ4n) is 2.80. The molecule has 0 aliphatic carbocycles. The van der Waals surface area contributed by atoms with Crippen LogP contribution in [0.5, 0.6) is 5.75 Å². The smallest absolute Gasteiger partial charge is 0.406 e. The molecule has 3 aromatic rings. The van der Waals surface area contributed by atoms with Crippen molar-refractivity contribution in [3.8, 4) is 5.75 Å². The Kier molecular flexibility index (Phi) is 4.75. The number of aromatic nitrogens is 2. The highest BCUT2D eigenvalue weighted by atomic mass is 19.4. The number of hydrogen-bond donors (Lipinski definition) is 0. The number of halogens is 4. The van der Waals surface area contributed by atoms with Crippen LogP contribution < -0.4 is 10.3 Å². The molecule has 28 heavy (non-hydrogen) atoms. The van der Waals surface area contributed by atoms with E-state index in [0.29, 0.717) is 0 Å². The zero-order valence-corrected chi connectivity index (χ0v) is 14.1. The Hall–Kier alpha value is -3.50. The molecule has 0 fully saturated rings. The molecular formula is C17H11F4N3O4. The van der Waals surface area contributed by atoms with Crippen molar-refractivity contribution in [2.45, 2.75) is 19.3 Å². The van der Waals surface area contributed by atoms with Crippen LogP contribution >= 0.6 is 0 Å². The summed E-state index contributed by atoms with van der Waals surface area (Å²) in [5.74, 6) is -1.65. The maximum absolute atomic E-state index is 14.1. The third-order valence-electron chi connectivity index (χ3n) is 4.01. The lowest BCUT2D eigenvalue weighted by Crippen LogP contribution is -2.25. The molecule has 1 heterocycles. The van der Waals surface area contributed by atoms with E-state index in [1.807, 2.05) is 0 Å². The Labute approximate surface area is 154 Å². The lowest BCUT2D eigenvalue weighted by atomic mass is 10.1. The van der Waals surface area contributed by atoms with E-state index in [4.69, 9.17) is 0 Å². The summed E-state index contributed by atoms with van der Waals surface area (Å²) in [7, 11) is 0. The van der Waals surface area contributed by atoms with Gasteiger partial charge >= 0.3 is 12.0 Å². The molecule has 0 N–H and O–H groups in total. The van der Waals surface area contributed by atoms with Crippen LogP contribution in [0.25, 0.3) is 11.0 Å². The van der Waals surface area contributed by atoms with Gasteiger partial charge in [0.15, 0.2) is 0 Å². The zero-order chi connectivity index (χ0) is 20.6. The van der Waals surface area contributed by atoms with Gasteiger partial charge in [-0.3, -0.25) is 19.5 Å². The third-order valence-corrected chi connectivity index (χ3v) is 4.01. The van der Waals surface area contributed by atoms with Gasteiger partial charge in [0.2, 0.25) is 5.82 Å². The molecular weight excluding hydrogens is 386 g/mol. The predicted octanol–water partition coefficient (Wildman–Crippen LogP) is 3.95. The van der Waals surface area contributed by atoms with Crippen molar-refractivity contribution in [2.24, 2.45) is 0 Å². The monoisotopic (exact) mass is 397 g/mol. The average Bonchev–Trinajstić information content (AvgIpc) is 2.59. The summed E-state index contributed by atoms with van der Waals surface area (Å²) < 4.78 is 56.3. The number of benzene rings is 2. The van der Waals surface area contributed by atoms with Gasteiger partial charge in [0.25, 0.3) is 5.56 Å². The zero-order valence-electron chi connectivity index (χ0n) is 14.1. The van der Waals surface area contributed by atoms with E-state index in [0.717, 1.165) is 35.0 Å². The van der Waals surface area contributed by atoms with Crippen LogP contribution in [0.3, 0.4) is 0 Å². The maximum atomic E-state index is 14.1. The minimum atomic E-state index is -4.88. The summed E-state index contributed by atoms with van der Waals surface area (Å²) in [6.45, 7) is 1.51. The van der Waals surface area contributed by atoms with Crippen molar-refractivity contribution >= 4 is 16.7 Å². The minimum absolute atomic E-state index is 0.0118. The van der Waals surface area contributed by atoms with Crippen LogP contribution in [0.15, 0.2) is 47.4 Å². The lowest BCUT2D eigenvalue weighted by molar-refractivity contribution is -0.387. The maximum Gasteiger partial charge on any atom is 0.573 e. The Bertz CT molecular complexity index is 1130. The van der Waals surface area contributed by atoms with Crippen molar-refractivity contribution in [3.05, 3.63) is 74.4 Å². The Morgan fingerprint density at radius 1 is 1.25 bits per heavy atom. The second kappa shape index (κ2) is 6.91. The summed E-state index contributed by atoms with van der Waals surface area (Å²) in [6, 6.07) is 5.82. The van der Waals surface area contributed by atoms with Gasteiger partial charge in [-0.2, -0.15) is 4.39 Å². The van der Waals surface area contributed by atoms with Gasteiger partial charge in [-0.1, -0.05) is 12.1 Å². The highest BCUT2D eigenvalue weighted by molar-refractivity contribution is 5.78. The molecule has 0 aliphatic rings. The largest absolute Gasteiger partial charge is 0.573 e. The molecule has 3 rings (SSSR count). The molecule has 0 amide bonds. The molecule has 0 spiro atoms. The third kappa shape index (κ3) is 3.77. The molecule has 2 aromatic carbocycles. The van der Waals surface area contributed by atoms with Crippen molar-refractivity contribution in [2.75, 3.05) is 0 Å². The van der Waals surface area contributed by atoms with Crippen molar-refractivity contribution in [1.29, 1.82) is 0 Å². The summed E-state index contributed by atoms with van der Waals surface area (Å²) in [5.41, 5.74) is -1.24. The first-order valence-electron chi connectivity index (χ1n) is 7.78. The van der Waals surface area contributed by atoms with E-state index < -0.39 is 40.1 Å². The number of ether oxygens (including phenoxy) is 1. The van der Waals surface area contributed by atoms with Crippen LogP contribution in [0.4, 0.5) is 23.2 Å². The van der Waals surface area contributed by atoms with E-state index in [9.17, 15) is 32.5 Å². The number of alkyl halides is 3. The van der Waals surface area contributed by atoms with Crippen LogP contribution in [0.1, 0.15) is 18.5 Å². The van der Waals surface area contributed by atoms with E-state index in [2.05, 4.69) is 9.72 Å². The molecule has 0 aliphatic heterocycles. The van der Waals surface area contributed by atoms with E-state index in [1.54, 1.807) is 0 Å². The summed E-state index contributed by atoms with van der Waals surface area (Å²) in [5, 5.41) is 10.9. The fraction of sp³-hybridized carbons (Fsp3) is 0.176. The SMILES string of the molecule is C[C@@H](c1cccc(OC(F)(F)F)c1)n1c(=O)cnc2cc([N+](=O)[O-])c(F)cc21. The molecule has 7 nitrogen and oxygen atoms in total. The molecule has 0 bridgehead atoms. The van der Waals surface area contributed by atoms with Crippen LogP contribution in [-0.2, 0) is 0 Å². The normalized spacial score (nSPS) is 12.8. The van der Waals surface area contributed by atoms with Crippen LogP contribution in [0.2, 0.25) is 0 Å². The summed E-state index contributed by atoms with van der Waals surface area (Å²) >= 11 is 0. The standard InChI is InChI=1S/C17H11F4N3O4/c1-9(10-3-2-4-11(5-10)28-17(19,20)21)23-15-6-12(18)14(24(26)27)7-13(15)22-8-16(23)25/h2-9H,1H3/t9-/m0/s1. The quantitative estimate of drug-likeness (QED) is 0.378. The number of fused-ring (bicyclic) bond motifs is 1. The number of nitro benzene ring substituents is 1. The lowest BCUT2D eigenvalue weighted by Gasteiger charge is -2.19. The van der Waals surface area contributed by atoms with Gasteiger partial charge in [0.1, 0.15) is 5.75 Å². The van der Waals surface area contributed by atoms with Crippen molar-refractivity contribution in [1.82, 2.24) is 9.55 Å². The van der Waals surface area contributed by atoms with Gasteiger partial charge in [-0.05, 0) is 24.6 Å². The van der Waals surface area contributed by atoms with Crippen molar-refractivity contribution in [3.63, 3.8) is 0 Å². The summed E-state index contributed by atoms with van der Waals surface area (Å²) in [4.78, 5) is 26.1. The Balaban J connectivity index is 2.14. The van der Waals surface area contributed by atoms with Crippen LogP contribution in [0, 0.1) is 15.9 Å². The van der Waals surface area contributed by atoms with Crippen LogP contribution in [-0.4, -0.2) is 20.8 Å². The molecule has 11 heteroatoms. The number of nitro groups is 1. The molecule has 0 saturated carbocycles. The topological polar surface area (TPSA) is 87.3 Å². The van der Waals surface area contributed by atoms with Gasteiger partial charge in [0.05, 0.1) is 28.2 Å². The van der Waals surface area contributed by atoms with Gasteiger partial charge in [0, 0.05) is 12.1 Å². The van der Waals surface area contributed by atoms with Crippen molar-refractivity contribution < 1.29 is 27.2 Å². The fourth-order valence-corrected chi connectivity index (χ4v) is 2.80. The molecule has 0 saturated heterocycles. The molecule has 1 atom stereocenters. The predicted molar refractivity (Wildman–Crippen MR) is 89.6 cm³/mol. The van der Waals surface area contributed by atoms with E-state index in [1.165, 1.54) is 19.1 Å². The van der Waals surface area contributed by atoms with E-state index >= 15 is 0 Å². The first kappa shape index (κ1) is 19.3. The average molecular weight is 397 g/mol. The Morgan fingerprint density at radius 2 is 1.96 bits per heavy atom. The first-order chi connectivity index (χ1) is 13.1. The molecule has 1 aromatic heterocycles. The molecule has 0 radical (unpaired) electrons. The second-order valence-electron chi connectivity index (χ2n) is 5.81. The number of hydrogen-bond acceptors (Lipinski definition) is 5.